The fraction of sp³-hybridized carbons (Fsp3) is 0.407. The van der Waals surface area contributed by atoms with Gasteiger partial charge in [0.2, 0.25) is 0 Å². The molecule has 2 aliphatic heterocycles. The Hall–Kier alpha value is -3.23. The fourth-order valence-electron chi connectivity index (χ4n) is 4.96. The number of halogens is 1. The van der Waals surface area contributed by atoms with Crippen LogP contribution in [0.3, 0.4) is 0 Å². The molecule has 0 spiro atoms. The van der Waals surface area contributed by atoms with E-state index in [0.717, 1.165) is 66.3 Å². The highest BCUT2D eigenvalue weighted by Gasteiger charge is 2.27. The van der Waals surface area contributed by atoms with Crippen LogP contribution in [0.5, 0.6) is 11.5 Å². The minimum atomic E-state index is -1.03. The average Bonchev–Trinajstić information content (AvgIpc) is 3.22. The summed E-state index contributed by atoms with van der Waals surface area (Å²) >= 11 is 0. The number of fused-ring (bicyclic) bond motifs is 2. The Bertz CT molecular complexity index is 1350. The van der Waals surface area contributed by atoms with E-state index in [0.29, 0.717) is 18.7 Å². The number of para-hydroxylation sites is 1. The zero-order valence-corrected chi connectivity index (χ0v) is 19.8. The van der Waals surface area contributed by atoms with Crippen LogP contribution in [-0.4, -0.2) is 54.1 Å². The molecule has 2 aliphatic rings. The number of piperidine rings is 1. The van der Waals surface area contributed by atoms with E-state index in [4.69, 9.17) is 19.2 Å². The van der Waals surface area contributed by atoms with Crippen molar-refractivity contribution in [2.45, 2.75) is 37.6 Å². The zero-order valence-electron chi connectivity index (χ0n) is 19.8. The predicted molar refractivity (Wildman–Crippen MR) is 131 cm³/mol. The number of alkyl halides is 1. The molecular weight excluding hydrogens is 447 g/mol. The normalized spacial score (nSPS) is 21.4. The molecule has 0 saturated carbocycles. The summed E-state index contributed by atoms with van der Waals surface area (Å²) in [6, 6.07) is 13.9. The van der Waals surface area contributed by atoms with Crippen LogP contribution in [0.1, 0.15) is 19.3 Å². The molecule has 0 radical (unpaired) electrons. The van der Waals surface area contributed by atoms with Crippen molar-refractivity contribution >= 4 is 16.6 Å². The van der Waals surface area contributed by atoms with Crippen LogP contribution >= 0.6 is 0 Å². The summed E-state index contributed by atoms with van der Waals surface area (Å²) in [5.74, 6) is 1.48. The smallest absolute Gasteiger partial charge is 0.290 e. The lowest BCUT2D eigenvalue weighted by atomic mass is 10.1. The summed E-state index contributed by atoms with van der Waals surface area (Å²) in [7, 11) is 2.02. The molecule has 182 valence electrons. The number of benzene rings is 1. The number of pyridine rings is 2. The van der Waals surface area contributed by atoms with Crippen molar-refractivity contribution in [3.05, 3.63) is 54.9 Å². The van der Waals surface area contributed by atoms with Gasteiger partial charge in [-0.1, -0.05) is 18.2 Å². The highest BCUT2D eigenvalue weighted by atomic mass is 19.1. The van der Waals surface area contributed by atoms with Crippen LogP contribution in [-0.2, 0) is 11.8 Å². The molecule has 7 nitrogen and oxygen atoms in total. The minimum Gasteiger partial charge on any atom is -0.490 e. The van der Waals surface area contributed by atoms with Gasteiger partial charge in [-0.2, -0.15) is 4.40 Å². The third kappa shape index (κ3) is 4.44. The van der Waals surface area contributed by atoms with Crippen molar-refractivity contribution in [3.8, 4) is 22.9 Å². The molecule has 0 bridgehead atoms. The van der Waals surface area contributed by atoms with Crippen LogP contribution in [0.15, 0.2) is 54.9 Å². The van der Waals surface area contributed by atoms with Crippen molar-refractivity contribution in [2.24, 2.45) is 7.05 Å². The first kappa shape index (κ1) is 22.2. The van der Waals surface area contributed by atoms with Crippen LogP contribution in [0.2, 0.25) is 0 Å². The fourth-order valence-corrected chi connectivity index (χ4v) is 4.96. The molecule has 2 atom stereocenters. The van der Waals surface area contributed by atoms with Gasteiger partial charge in [0.05, 0.1) is 26.3 Å². The maximum atomic E-state index is 14.4. The number of imidazole rings is 1. The first-order chi connectivity index (χ1) is 17.2. The molecule has 6 rings (SSSR count). The number of rotatable bonds is 5. The molecule has 1 N–H and O–H groups in total. The van der Waals surface area contributed by atoms with E-state index in [1.54, 1.807) is 0 Å². The van der Waals surface area contributed by atoms with Gasteiger partial charge >= 0.3 is 0 Å². The first-order valence-corrected chi connectivity index (χ1v) is 12.3. The molecule has 1 aromatic carbocycles. The van der Waals surface area contributed by atoms with E-state index in [1.165, 1.54) is 0 Å². The van der Waals surface area contributed by atoms with Crippen LogP contribution in [0.25, 0.3) is 27.9 Å². The molecular formula is C27H30FN4O3+. The standard InChI is InChI=1S/C27H30FN4O3/c1-31-17-23(32-12-8-20(15-26(31)32)34-19-9-13-33-14-10-19)22-6-5-18-3-2-4-25(27(18)30-22)35-24-7-11-29-16-21(24)28/h2-6,8,12,15,17,19,21,24,29H,7,9-11,13-14,16H2,1H3/q+1. The highest BCUT2D eigenvalue weighted by molar-refractivity contribution is 5.86. The summed E-state index contributed by atoms with van der Waals surface area (Å²) in [4.78, 5) is 4.97. The molecule has 4 aromatic rings. The quantitative estimate of drug-likeness (QED) is 0.445. The second-order valence-corrected chi connectivity index (χ2v) is 9.33. The molecule has 2 fully saturated rings. The zero-order chi connectivity index (χ0) is 23.8. The van der Waals surface area contributed by atoms with E-state index in [1.807, 2.05) is 49.6 Å². The molecule has 2 saturated heterocycles. The van der Waals surface area contributed by atoms with Gasteiger partial charge in [0.1, 0.15) is 53.5 Å². The highest BCUT2D eigenvalue weighted by Crippen LogP contribution is 2.30. The number of nitrogens with one attached hydrogen (secondary N) is 1. The van der Waals surface area contributed by atoms with Crippen molar-refractivity contribution < 1.29 is 23.2 Å². The van der Waals surface area contributed by atoms with Crippen LogP contribution in [0.4, 0.5) is 4.39 Å². The van der Waals surface area contributed by atoms with Gasteiger partial charge in [-0.3, -0.25) is 0 Å². The Morgan fingerprint density at radius 3 is 2.86 bits per heavy atom. The Kier molecular flexibility index (Phi) is 6.00. The van der Waals surface area contributed by atoms with Crippen molar-refractivity contribution in [1.29, 1.82) is 0 Å². The number of aryl methyl sites for hydroxylation is 1. The van der Waals surface area contributed by atoms with Gasteiger partial charge in [0.15, 0.2) is 5.69 Å². The first-order valence-electron chi connectivity index (χ1n) is 12.3. The molecule has 3 aromatic heterocycles. The van der Waals surface area contributed by atoms with E-state index >= 15 is 0 Å². The maximum Gasteiger partial charge on any atom is 0.290 e. The van der Waals surface area contributed by atoms with Gasteiger partial charge in [0, 0.05) is 30.8 Å². The summed E-state index contributed by atoms with van der Waals surface area (Å²) in [6.07, 6.45) is 5.24. The molecule has 35 heavy (non-hydrogen) atoms. The van der Waals surface area contributed by atoms with Crippen LogP contribution < -0.4 is 19.4 Å². The Labute approximate surface area is 203 Å². The van der Waals surface area contributed by atoms with Gasteiger partial charge in [-0.15, -0.1) is 0 Å². The summed E-state index contributed by atoms with van der Waals surface area (Å²) < 4.78 is 36.4. The predicted octanol–water partition coefficient (Wildman–Crippen LogP) is 3.62. The lowest BCUT2D eigenvalue weighted by molar-refractivity contribution is -0.644. The summed E-state index contributed by atoms with van der Waals surface area (Å²) in [5, 5.41) is 4.04. The topological polar surface area (TPSA) is 60.9 Å². The number of aromatic nitrogens is 3. The van der Waals surface area contributed by atoms with Gasteiger partial charge in [-0.05, 0) is 25.1 Å². The molecule has 8 heteroatoms. The SMILES string of the molecule is C[n+]1cc(-c2ccc3cccc(OC4CCNCC4F)c3n2)n2ccc(OC3CCOCC3)cc21. The van der Waals surface area contributed by atoms with Gasteiger partial charge in [-0.25, -0.2) is 13.9 Å². The average molecular weight is 478 g/mol. The lowest BCUT2D eigenvalue weighted by Gasteiger charge is -2.27. The largest absolute Gasteiger partial charge is 0.490 e. The number of hydrogen-bond donors (Lipinski definition) is 1. The third-order valence-corrected chi connectivity index (χ3v) is 6.89. The van der Waals surface area contributed by atoms with Gasteiger partial charge in [0.25, 0.3) is 5.65 Å². The van der Waals surface area contributed by atoms with Crippen molar-refractivity contribution in [2.75, 3.05) is 26.3 Å². The maximum absolute atomic E-state index is 14.4. The van der Waals surface area contributed by atoms with E-state index < -0.39 is 12.3 Å². The van der Waals surface area contributed by atoms with E-state index in [2.05, 4.69) is 26.5 Å². The minimum absolute atomic E-state index is 0.190. The summed E-state index contributed by atoms with van der Waals surface area (Å²) in [5.41, 5.74) is 3.53. The number of nitrogens with zero attached hydrogens (tertiary/aromatic N) is 3. The van der Waals surface area contributed by atoms with E-state index in [-0.39, 0.29) is 6.10 Å². The van der Waals surface area contributed by atoms with E-state index in [9.17, 15) is 4.39 Å². The van der Waals surface area contributed by atoms with Crippen molar-refractivity contribution in [1.82, 2.24) is 14.7 Å². The second kappa shape index (κ2) is 9.43. The molecule has 0 aliphatic carbocycles. The van der Waals surface area contributed by atoms with Crippen molar-refractivity contribution in [3.63, 3.8) is 0 Å². The Morgan fingerprint density at radius 2 is 2.00 bits per heavy atom. The third-order valence-electron chi connectivity index (χ3n) is 6.89. The Balaban J connectivity index is 1.34. The molecule has 0 amide bonds. The second-order valence-electron chi connectivity index (χ2n) is 9.33. The number of ether oxygens (including phenoxy) is 3. The monoisotopic (exact) mass is 477 g/mol. The van der Waals surface area contributed by atoms with Crippen LogP contribution in [0, 0.1) is 0 Å². The Morgan fingerprint density at radius 1 is 1.11 bits per heavy atom. The molecule has 2 unspecified atom stereocenters. The summed E-state index contributed by atoms with van der Waals surface area (Å²) in [6.45, 7) is 2.57. The van der Waals surface area contributed by atoms with Gasteiger partial charge < -0.3 is 19.5 Å². The lowest BCUT2D eigenvalue weighted by Crippen LogP contribution is -2.44. The number of hydrogen-bond acceptors (Lipinski definition) is 5. The molecule has 5 heterocycles.